The molecule has 2 aliphatic heterocycles. The van der Waals surface area contributed by atoms with Gasteiger partial charge in [0.15, 0.2) is 0 Å². The van der Waals surface area contributed by atoms with Crippen molar-refractivity contribution in [1.82, 2.24) is 0 Å². The van der Waals surface area contributed by atoms with Crippen LogP contribution in [0.5, 0.6) is 5.75 Å². The second kappa shape index (κ2) is 5.02. The zero-order chi connectivity index (χ0) is 12.4. The molecule has 2 aliphatic rings. The molecule has 0 radical (unpaired) electrons. The molecule has 0 aliphatic carbocycles. The predicted molar refractivity (Wildman–Crippen MR) is 75.1 cm³/mol. The highest BCUT2D eigenvalue weighted by Gasteiger charge is 2.41. The molecular weight excluding hydrogens is 246 g/mol. The number of nitrogens with two attached hydrogens (primary N) is 1. The summed E-state index contributed by atoms with van der Waals surface area (Å²) in [6.07, 6.45) is 3.45. The highest BCUT2D eigenvalue weighted by molar-refractivity contribution is 7.99. The summed E-state index contributed by atoms with van der Waals surface area (Å²) in [5.74, 6) is 3.25. The van der Waals surface area contributed by atoms with Gasteiger partial charge < -0.3 is 15.2 Å². The van der Waals surface area contributed by atoms with E-state index in [0.717, 1.165) is 36.6 Å². The smallest absolute Gasteiger partial charge is 0.119 e. The van der Waals surface area contributed by atoms with Crippen LogP contribution >= 0.6 is 11.8 Å². The molecule has 18 heavy (non-hydrogen) atoms. The lowest BCUT2D eigenvalue weighted by molar-refractivity contribution is -0.0958. The second-order valence-corrected chi connectivity index (χ2v) is 6.24. The van der Waals surface area contributed by atoms with Crippen molar-refractivity contribution in [2.24, 2.45) is 0 Å². The lowest BCUT2D eigenvalue weighted by Gasteiger charge is -2.37. The van der Waals surface area contributed by atoms with Gasteiger partial charge in [0.2, 0.25) is 0 Å². The van der Waals surface area contributed by atoms with E-state index in [1.807, 2.05) is 36.0 Å². The van der Waals surface area contributed by atoms with E-state index in [-0.39, 0.29) is 11.7 Å². The van der Waals surface area contributed by atoms with Crippen molar-refractivity contribution in [3.05, 3.63) is 24.3 Å². The summed E-state index contributed by atoms with van der Waals surface area (Å²) in [6, 6.07) is 7.66. The summed E-state index contributed by atoms with van der Waals surface area (Å²) in [5, 5.41) is 0. The summed E-state index contributed by atoms with van der Waals surface area (Å²) < 4.78 is 12.0. The van der Waals surface area contributed by atoms with Crippen LogP contribution in [0.3, 0.4) is 0 Å². The predicted octanol–water partition coefficient (Wildman–Crippen LogP) is 2.70. The fourth-order valence-electron chi connectivity index (χ4n) is 2.69. The van der Waals surface area contributed by atoms with E-state index >= 15 is 0 Å². The molecule has 3 rings (SSSR count). The molecule has 4 heteroatoms. The van der Waals surface area contributed by atoms with Crippen molar-refractivity contribution >= 4 is 17.4 Å². The Bertz CT molecular complexity index is 401. The molecule has 2 atom stereocenters. The fourth-order valence-corrected chi connectivity index (χ4v) is 4.06. The summed E-state index contributed by atoms with van der Waals surface area (Å²) in [7, 11) is 0. The van der Waals surface area contributed by atoms with Gasteiger partial charge in [-0.25, -0.2) is 0 Å². The average molecular weight is 265 g/mol. The third kappa shape index (κ3) is 2.59. The Morgan fingerprint density at radius 3 is 2.89 bits per heavy atom. The quantitative estimate of drug-likeness (QED) is 0.835. The number of rotatable bonds is 2. The Kier molecular flexibility index (Phi) is 3.39. The molecule has 1 aromatic carbocycles. The van der Waals surface area contributed by atoms with Crippen molar-refractivity contribution in [3.63, 3.8) is 0 Å². The molecule has 2 N–H and O–H groups in total. The van der Waals surface area contributed by atoms with Crippen LogP contribution in [-0.4, -0.2) is 29.8 Å². The zero-order valence-corrected chi connectivity index (χ0v) is 11.2. The molecule has 1 spiro atoms. The molecule has 0 aromatic heterocycles. The van der Waals surface area contributed by atoms with Gasteiger partial charge in [-0.2, -0.15) is 11.8 Å². The maximum atomic E-state index is 6.05. The Labute approximate surface area is 112 Å². The van der Waals surface area contributed by atoms with Gasteiger partial charge in [0, 0.05) is 24.3 Å². The Balaban J connectivity index is 1.64. The third-order valence-corrected chi connectivity index (χ3v) is 4.92. The molecule has 0 amide bonds. The molecule has 3 nitrogen and oxygen atoms in total. The van der Waals surface area contributed by atoms with Gasteiger partial charge in [-0.05, 0) is 36.4 Å². The van der Waals surface area contributed by atoms with Crippen LogP contribution in [0.2, 0.25) is 0 Å². The molecule has 2 unspecified atom stereocenters. The van der Waals surface area contributed by atoms with E-state index in [1.54, 1.807) is 0 Å². The molecular formula is C14H19NO2S. The lowest BCUT2D eigenvalue weighted by Crippen LogP contribution is -2.43. The van der Waals surface area contributed by atoms with Crippen molar-refractivity contribution in [1.29, 1.82) is 0 Å². The minimum absolute atomic E-state index is 0.0847. The number of ether oxygens (including phenoxy) is 2. The molecule has 1 aromatic rings. The average Bonchev–Trinajstić information content (AvgIpc) is 2.80. The van der Waals surface area contributed by atoms with Crippen molar-refractivity contribution in [2.75, 3.05) is 23.8 Å². The molecule has 0 saturated carbocycles. The largest absolute Gasteiger partial charge is 0.490 e. The van der Waals surface area contributed by atoms with Gasteiger partial charge in [0.1, 0.15) is 11.9 Å². The van der Waals surface area contributed by atoms with Crippen LogP contribution < -0.4 is 10.5 Å². The maximum absolute atomic E-state index is 6.05. The maximum Gasteiger partial charge on any atom is 0.119 e. The van der Waals surface area contributed by atoms with Gasteiger partial charge in [-0.3, -0.25) is 0 Å². The Hall–Kier alpha value is -0.870. The first-order valence-corrected chi connectivity index (χ1v) is 7.65. The van der Waals surface area contributed by atoms with Crippen LogP contribution in [0.25, 0.3) is 0 Å². The highest BCUT2D eigenvalue weighted by atomic mass is 32.2. The fraction of sp³-hybridized carbons (Fsp3) is 0.571. The lowest BCUT2D eigenvalue weighted by atomic mass is 9.91. The van der Waals surface area contributed by atoms with E-state index in [4.69, 9.17) is 15.2 Å². The monoisotopic (exact) mass is 265 g/mol. The highest BCUT2D eigenvalue weighted by Crippen LogP contribution is 2.39. The Morgan fingerprint density at radius 1 is 1.33 bits per heavy atom. The van der Waals surface area contributed by atoms with E-state index in [0.29, 0.717) is 0 Å². The second-order valence-electron chi connectivity index (χ2n) is 5.14. The van der Waals surface area contributed by atoms with Crippen molar-refractivity contribution in [2.45, 2.75) is 31.0 Å². The Morgan fingerprint density at radius 2 is 2.17 bits per heavy atom. The van der Waals surface area contributed by atoms with Crippen LogP contribution in [0.4, 0.5) is 5.69 Å². The standard InChI is InChI=1S/C14H19NO2S/c15-11-1-3-12(4-2-11)17-13-5-7-16-14(9-13)6-8-18-10-14/h1-4,13H,5-10,15H2. The third-order valence-electron chi connectivity index (χ3n) is 3.70. The normalized spacial score (nSPS) is 31.7. The molecule has 2 heterocycles. The van der Waals surface area contributed by atoms with Crippen molar-refractivity contribution in [3.8, 4) is 5.75 Å². The number of benzene rings is 1. The van der Waals surface area contributed by atoms with Crippen LogP contribution in [-0.2, 0) is 4.74 Å². The van der Waals surface area contributed by atoms with Crippen LogP contribution in [0.1, 0.15) is 19.3 Å². The van der Waals surface area contributed by atoms with E-state index in [2.05, 4.69) is 0 Å². The van der Waals surface area contributed by atoms with E-state index < -0.39 is 0 Å². The van der Waals surface area contributed by atoms with Crippen molar-refractivity contribution < 1.29 is 9.47 Å². The number of thioether (sulfide) groups is 1. The topological polar surface area (TPSA) is 44.5 Å². The zero-order valence-electron chi connectivity index (χ0n) is 10.4. The first-order valence-electron chi connectivity index (χ1n) is 6.50. The van der Waals surface area contributed by atoms with E-state index in [9.17, 15) is 0 Å². The summed E-state index contributed by atoms with van der Waals surface area (Å²) in [4.78, 5) is 0. The van der Waals surface area contributed by atoms with Gasteiger partial charge >= 0.3 is 0 Å². The number of hydrogen-bond acceptors (Lipinski definition) is 4. The summed E-state index contributed by atoms with van der Waals surface area (Å²) in [5.41, 5.74) is 6.54. The SMILES string of the molecule is Nc1ccc(OC2CCOC3(CCSC3)C2)cc1. The summed E-state index contributed by atoms with van der Waals surface area (Å²) in [6.45, 7) is 0.820. The number of anilines is 1. The van der Waals surface area contributed by atoms with Gasteiger partial charge in [0.05, 0.1) is 12.2 Å². The van der Waals surface area contributed by atoms with Gasteiger partial charge in [-0.15, -0.1) is 0 Å². The molecule has 0 bridgehead atoms. The van der Waals surface area contributed by atoms with Crippen LogP contribution in [0.15, 0.2) is 24.3 Å². The molecule has 98 valence electrons. The van der Waals surface area contributed by atoms with Crippen LogP contribution in [0, 0.1) is 0 Å². The molecule has 2 saturated heterocycles. The number of nitrogen functional groups attached to an aromatic ring is 1. The van der Waals surface area contributed by atoms with Gasteiger partial charge in [0.25, 0.3) is 0 Å². The van der Waals surface area contributed by atoms with Gasteiger partial charge in [-0.1, -0.05) is 0 Å². The summed E-state index contributed by atoms with van der Waals surface area (Å²) >= 11 is 1.99. The number of hydrogen-bond donors (Lipinski definition) is 1. The molecule has 2 fully saturated rings. The minimum Gasteiger partial charge on any atom is -0.490 e. The first-order chi connectivity index (χ1) is 8.76. The van der Waals surface area contributed by atoms with E-state index in [1.165, 1.54) is 12.2 Å². The first kappa shape index (κ1) is 12.2. The minimum atomic E-state index is 0.0847.